The highest BCUT2D eigenvalue weighted by molar-refractivity contribution is 5.75. The van der Waals surface area contributed by atoms with Crippen LogP contribution in [0.25, 0.3) is 0 Å². The number of rotatable bonds is 9. The predicted octanol–water partition coefficient (Wildman–Crippen LogP) is 3.24. The molecule has 0 rings (SSSR count). The van der Waals surface area contributed by atoms with E-state index < -0.39 is 0 Å². The Labute approximate surface area is 113 Å². The van der Waals surface area contributed by atoms with E-state index in [9.17, 15) is 4.79 Å². The highest BCUT2D eigenvalue weighted by atomic mass is 16.5. The van der Waals surface area contributed by atoms with E-state index in [-0.39, 0.29) is 12.0 Å². The summed E-state index contributed by atoms with van der Waals surface area (Å²) in [5.41, 5.74) is 0. The van der Waals surface area contributed by atoms with Crippen LogP contribution in [0, 0.1) is 17.8 Å². The molecule has 0 bridgehead atoms. The number of hydrogen-bond donors (Lipinski definition) is 1. The zero-order valence-electron chi connectivity index (χ0n) is 13.0. The Kier molecular flexibility index (Phi) is 9.08. The van der Waals surface area contributed by atoms with Crippen LogP contribution in [0.4, 0.5) is 0 Å². The first-order valence-corrected chi connectivity index (χ1v) is 7.33. The van der Waals surface area contributed by atoms with Gasteiger partial charge in [0, 0.05) is 0 Å². The normalized spacial score (nSPS) is 13.4. The van der Waals surface area contributed by atoms with E-state index in [0.717, 1.165) is 19.4 Å². The van der Waals surface area contributed by atoms with Crippen molar-refractivity contribution in [3.05, 3.63) is 0 Å². The average molecular weight is 257 g/mol. The molecule has 1 N–H and O–H groups in total. The Hall–Kier alpha value is -0.570. The van der Waals surface area contributed by atoms with Gasteiger partial charge in [-0.15, -0.1) is 0 Å². The molecule has 0 heterocycles. The van der Waals surface area contributed by atoms with Gasteiger partial charge in [-0.1, -0.05) is 41.0 Å². The van der Waals surface area contributed by atoms with Gasteiger partial charge in [-0.25, -0.2) is 0 Å². The van der Waals surface area contributed by atoms with Crippen molar-refractivity contribution in [1.82, 2.24) is 5.32 Å². The Balaban J connectivity index is 4.36. The predicted molar refractivity (Wildman–Crippen MR) is 76.5 cm³/mol. The van der Waals surface area contributed by atoms with E-state index in [4.69, 9.17) is 4.74 Å². The van der Waals surface area contributed by atoms with Gasteiger partial charge in [0.05, 0.1) is 6.61 Å². The van der Waals surface area contributed by atoms with Crippen LogP contribution in [-0.4, -0.2) is 25.2 Å². The highest BCUT2D eigenvalue weighted by Gasteiger charge is 2.22. The summed E-state index contributed by atoms with van der Waals surface area (Å²) in [6, 6.07) is -0.144. The molecule has 0 aliphatic rings. The van der Waals surface area contributed by atoms with Crippen molar-refractivity contribution in [2.75, 3.05) is 13.2 Å². The maximum Gasteiger partial charge on any atom is 0.323 e. The van der Waals surface area contributed by atoms with Crippen LogP contribution in [0.5, 0.6) is 0 Å². The van der Waals surface area contributed by atoms with Gasteiger partial charge in [0.25, 0.3) is 0 Å². The number of nitrogens with one attached hydrogen (secondary N) is 1. The molecule has 0 aromatic carbocycles. The minimum atomic E-state index is -0.144. The number of esters is 1. The van der Waals surface area contributed by atoms with Gasteiger partial charge in [0.2, 0.25) is 0 Å². The molecule has 108 valence electrons. The summed E-state index contributed by atoms with van der Waals surface area (Å²) in [6.45, 7) is 14.3. The summed E-state index contributed by atoms with van der Waals surface area (Å²) in [4.78, 5) is 11.8. The number of hydrogen-bond acceptors (Lipinski definition) is 3. The van der Waals surface area contributed by atoms with Crippen molar-refractivity contribution < 1.29 is 9.53 Å². The molecule has 0 amide bonds. The molecule has 0 aromatic rings. The first kappa shape index (κ1) is 17.4. The van der Waals surface area contributed by atoms with Crippen LogP contribution in [0.15, 0.2) is 0 Å². The minimum absolute atomic E-state index is 0.106. The van der Waals surface area contributed by atoms with E-state index in [1.165, 1.54) is 0 Å². The smallest absolute Gasteiger partial charge is 0.323 e. The summed E-state index contributed by atoms with van der Waals surface area (Å²) >= 11 is 0. The van der Waals surface area contributed by atoms with Crippen LogP contribution < -0.4 is 5.32 Å². The molecule has 0 saturated carbocycles. The second-order valence-corrected chi connectivity index (χ2v) is 5.65. The van der Waals surface area contributed by atoms with Crippen molar-refractivity contribution in [2.24, 2.45) is 17.8 Å². The Morgan fingerprint density at radius 1 is 1.11 bits per heavy atom. The lowest BCUT2D eigenvalue weighted by atomic mass is 9.85. The van der Waals surface area contributed by atoms with Crippen molar-refractivity contribution in [3.8, 4) is 0 Å². The minimum Gasteiger partial charge on any atom is -0.465 e. The molecule has 0 aliphatic heterocycles. The molecule has 0 fully saturated rings. The summed E-state index contributed by atoms with van der Waals surface area (Å²) < 4.78 is 5.11. The average Bonchev–Trinajstić information content (AvgIpc) is 2.27. The molecule has 1 atom stereocenters. The Bertz CT molecular complexity index is 219. The third-order valence-electron chi connectivity index (χ3n) is 3.46. The van der Waals surface area contributed by atoms with Crippen LogP contribution in [-0.2, 0) is 9.53 Å². The maximum absolute atomic E-state index is 11.8. The van der Waals surface area contributed by atoms with E-state index in [2.05, 4.69) is 39.9 Å². The summed E-state index contributed by atoms with van der Waals surface area (Å²) in [5.74, 6) is 1.74. The molecular formula is C15H31NO2. The third kappa shape index (κ3) is 6.39. The second kappa shape index (κ2) is 9.37. The molecule has 0 spiro atoms. The molecule has 3 nitrogen and oxygen atoms in total. The van der Waals surface area contributed by atoms with Crippen molar-refractivity contribution in [3.63, 3.8) is 0 Å². The van der Waals surface area contributed by atoms with Crippen molar-refractivity contribution in [2.45, 2.75) is 60.4 Å². The summed E-state index contributed by atoms with van der Waals surface area (Å²) in [7, 11) is 0. The SMILES string of the molecule is CCCC(NCC(C(C)C)C(C)C)C(=O)OCC. The number of ether oxygens (including phenoxy) is 1. The largest absolute Gasteiger partial charge is 0.465 e. The number of carbonyl (C=O) groups excluding carboxylic acids is 1. The molecule has 0 radical (unpaired) electrons. The molecule has 0 saturated heterocycles. The first-order chi connectivity index (χ1) is 8.43. The summed E-state index contributed by atoms with van der Waals surface area (Å²) in [6.07, 6.45) is 1.84. The van der Waals surface area contributed by atoms with Crippen LogP contribution in [0.3, 0.4) is 0 Å². The second-order valence-electron chi connectivity index (χ2n) is 5.65. The van der Waals surface area contributed by atoms with Crippen molar-refractivity contribution in [1.29, 1.82) is 0 Å². The lowest BCUT2D eigenvalue weighted by Gasteiger charge is -2.27. The zero-order valence-corrected chi connectivity index (χ0v) is 13.0. The maximum atomic E-state index is 11.8. The molecule has 0 aliphatic carbocycles. The molecule has 18 heavy (non-hydrogen) atoms. The van der Waals surface area contributed by atoms with E-state index in [1.807, 2.05) is 6.92 Å². The number of carbonyl (C=O) groups is 1. The standard InChI is InChI=1S/C15H31NO2/c1-7-9-14(15(17)18-8-2)16-10-13(11(3)4)12(5)6/h11-14,16H,7-10H2,1-6H3. The van der Waals surface area contributed by atoms with Gasteiger partial charge in [-0.3, -0.25) is 4.79 Å². The molecular weight excluding hydrogens is 226 g/mol. The van der Waals surface area contributed by atoms with Crippen molar-refractivity contribution >= 4 is 5.97 Å². The van der Waals surface area contributed by atoms with E-state index in [1.54, 1.807) is 0 Å². The Morgan fingerprint density at radius 3 is 2.06 bits per heavy atom. The van der Waals surface area contributed by atoms with Gasteiger partial charge >= 0.3 is 5.97 Å². The highest BCUT2D eigenvalue weighted by Crippen LogP contribution is 2.19. The lowest BCUT2D eigenvalue weighted by molar-refractivity contribution is -0.146. The Morgan fingerprint density at radius 2 is 1.67 bits per heavy atom. The fourth-order valence-electron chi connectivity index (χ4n) is 2.35. The topological polar surface area (TPSA) is 38.3 Å². The van der Waals surface area contributed by atoms with Gasteiger partial charge in [0.1, 0.15) is 6.04 Å². The van der Waals surface area contributed by atoms with Crippen LogP contribution in [0.2, 0.25) is 0 Å². The quantitative estimate of drug-likeness (QED) is 0.644. The lowest BCUT2D eigenvalue weighted by Crippen LogP contribution is -2.42. The van der Waals surface area contributed by atoms with Gasteiger partial charge < -0.3 is 10.1 Å². The van der Waals surface area contributed by atoms with Gasteiger partial charge in [0.15, 0.2) is 0 Å². The van der Waals surface area contributed by atoms with Gasteiger partial charge in [-0.05, 0) is 37.6 Å². The van der Waals surface area contributed by atoms with Crippen LogP contribution in [0.1, 0.15) is 54.4 Å². The van der Waals surface area contributed by atoms with Gasteiger partial charge in [-0.2, -0.15) is 0 Å². The molecule has 1 unspecified atom stereocenters. The first-order valence-electron chi connectivity index (χ1n) is 7.33. The zero-order chi connectivity index (χ0) is 14.1. The third-order valence-corrected chi connectivity index (χ3v) is 3.46. The molecule has 0 aromatic heterocycles. The van der Waals surface area contributed by atoms with E-state index in [0.29, 0.717) is 24.4 Å². The monoisotopic (exact) mass is 257 g/mol. The fraction of sp³-hybridized carbons (Fsp3) is 0.933. The van der Waals surface area contributed by atoms with E-state index >= 15 is 0 Å². The molecule has 3 heteroatoms. The summed E-state index contributed by atoms with van der Waals surface area (Å²) in [5, 5.41) is 3.39. The fourth-order valence-corrected chi connectivity index (χ4v) is 2.35. The van der Waals surface area contributed by atoms with Crippen LogP contribution >= 0.6 is 0 Å².